The van der Waals surface area contributed by atoms with Crippen LogP contribution >= 0.6 is 11.8 Å². The van der Waals surface area contributed by atoms with Crippen molar-refractivity contribution in [3.63, 3.8) is 0 Å². The Labute approximate surface area is 124 Å². The van der Waals surface area contributed by atoms with Gasteiger partial charge in [-0.2, -0.15) is 5.10 Å². The number of carboxylic acids is 1. The van der Waals surface area contributed by atoms with Gasteiger partial charge in [-0.05, 0) is 13.3 Å². The average Bonchev–Trinajstić information content (AvgIpc) is 3.07. The minimum absolute atomic E-state index is 0.0177. The second-order valence-electron chi connectivity index (χ2n) is 5.23. The molecule has 0 radical (unpaired) electrons. The van der Waals surface area contributed by atoms with E-state index in [0.717, 1.165) is 6.42 Å². The zero-order valence-corrected chi connectivity index (χ0v) is 12.1. The molecule has 112 valence electrons. The van der Waals surface area contributed by atoms with Crippen molar-refractivity contribution >= 4 is 35.4 Å². The normalized spacial score (nSPS) is 27.8. The van der Waals surface area contributed by atoms with Gasteiger partial charge in [0.05, 0.1) is 4.87 Å². The highest BCUT2D eigenvalue weighted by atomic mass is 32.2. The van der Waals surface area contributed by atoms with Crippen molar-refractivity contribution in [2.24, 2.45) is 0 Å². The van der Waals surface area contributed by atoms with Crippen molar-refractivity contribution in [2.75, 3.05) is 11.1 Å². The second-order valence-corrected chi connectivity index (χ2v) is 6.73. The molecule has 2 aliphatic rings. The molecule has 2 saturated heterocycles. The van der Waals surface area contributed by atoms with Crippen molar-refractivity contribution in [1.29, 1.82) is 0 Å². The SMILES string of the molecule is CC12CCC(=O)N1C(C(=O)Nc1cc(C(=O)O)[nH]n1)CS2. The number of aromatic amines is 1. The molecule has 8 nitrogen and oxygen atoms in total. The number of anilines is 1. The largest absolute Gasteiger partial charge is 0.477 e. The molecular weight excluding hydrogens is 296 g/mol. The summed E-state index contributed by atoms with van der Waals surface area (Å²) in [4.78, 5) is 36.3. The van der Waals surface area contributed by atoms with Gasteiger partial charge in [0, 0.05) is 18.2 Å². The first-order valence-electron chi connectivity index (χ1n) is 6.46. The summed E-state index contributed by atoms with van der Waals surface area (Å²) in [5.74, 6) is -0.838. The van der Waals surface area contributed by atoms with Gasteiger partial charge < -0.3 is 15.3 Å². The van der Waals surface area contributed by atoms with Crippen LogP contribution in [-0.4, -0.2) is 54.7 Å². The van der Waals surface area contributed by atoms with Crippen molar-refractivity contribution < 1.29 is 19.5 Å². The van der Waals surface area contributed by atoms with E-state index in [9.17, 15) is 14.4 Å². The fraction of sp³-hybridized carbons (Fsp3) is 0.500. The first kappa shape index (κ1) is 13.9. The predicted octanol–water partition coefficient (Wildman–Crippen LogP) is 0.500. The molecule has 2 fully saturated rings. The summed E-state index contributed by atoms with van der Waals surface area (Å²) in [6.07, 6.45) is 1.20. The number of carbonyl (C=O) groups excluding carboxylic acids is 2. The molecule has 0 aromatic carbocycles. The molecule has 1 aromatic heterocycles. The summed E-state index contributed by atoms with van der Waals surface area (Å²) in [6.45, 7) is 1.97. The Morgan fingerprint density at radius 1 is 1.62 bits per heavy atom. The second kappa shape index (κ2) is 4.76. The number of aromatic nitrogens is 2. The first-order chi connectivity index (χ1) is 9.90. The number of nitrogens with one attached hydrogen (secondary N) is 2. The Morgan fingerprint density at radius 2 is 2.38 bits per heavy atom. The number of aromatic carboxylic acids is 1. The van der Waals surface area contributed by atoms with E-state index in [4.69, 9.17) is 5.11 Å². The Bertz CT molecular complexity index is 631. The molecule has 2 unspecified atom stereocenters. The van der Waals surface area contributed by atoms with E-state index in [1.54, 1.807) is 16.7 Å². The number of thioether (sulfide) groups is 1. The van der Waals surface area contributed by atoms with Crippen LogP contribution in [0, 0.1) is 0 Å². The van der Waals surface area contributed by atoms with Gasteiger partial charge in [-0.15, -0.1) is 11.8 Å². The van der Waals surface area contributed by atoms with Crippen LogP contribution in [0.5, 0.6) is 0 Å². The van der Waals surface area contributed by atoms with Crippen LogP contribution < -0.4 is 5.32 Å². The number of hydrogen-bond acceptors (Lipinski definition) is 5. The third-order valence-corrected chi connectivity index (χ3v) is 5.31. The molecule has 3 heterocycles. The zero-order chi connectivity index (χ0) is 15.2. The van der Waals surface area contributed by atoms with Crippen LogP contribution in [0.15, 0.2) is 6.07 Å². The molecule has 0 spiro atoms. The molecule has 21 heavy (non-hydrogen) atoms. The van der Waals surface area contributed by atoms with Gasteiger partial charge >= 0.3 is 5.97 Å². The smallest absolute Gasteiger partial charge is 0.353 e. The van der Waals surface area contributed by atoms with Crippen LogP contribution in [0.2, 0.25) is 0 Å². The Hall–Kier alpha value is -2.03. The molecule has 1 aromatic rings. The van der Waals surface area contributed by atoms with Gasteiger partial charge in [-0.1, -0.05) is 0 Å². The van der Waals surface area contributed by atoms with Crippen molar-refractivity contribution in [1.82, 2.24) is 15.1 Å². The van der Waals surface area contributed by atoms with Crippen LogP contribution in [0.3, 0.4) is 0 Å². The van der Waals surface area contributed by atoms with Crippen LogP contribution in [-0.2, 0) is 9.59 Å². The van der Waals surface area contributed by atoms with E-state index >= 15 is 0 Å². The highest BCUT2D eigenvalue weighted by Crippen LogP contribution is 2.47. The summed E-state index contributed by atoms with van der Waals surface area (Å²) < 4.78 is 0. The number of fused-ring (bicyclic) bond motifs is 1. The lowest BCUT2D eigenvalue weighted by molar-refractivity contribution is -0.135. The topological polar surface area (TPSA) is 115 Å². The molecule has 2 aliphatic heterocycles. The fourth-order valence-corrected chi connectivity index (χ4v) is 4.15. The number of hydrogen-bond donors (Lipinski definition) is 3. The summed E-state index contributed by atoms with van der Waals surface area (Å²) in [7, 11) is 0. The molecule has 2 atom stereocenters. The van der Waals surface area contributed by atoms with Gasteiger partial charge in [-0.25, -0.2) is 4.79 Å². The highest BCUT2D eigenvalue weighted by Gasteiger charge is 2.52. The molecule has 3 N–H and O–H groups in total. The molecule has 2 amide bonds. The minimum Gasteiger partial charge on any atom is -0.477 e. The van der Waals surface area contributed by atoms with Crippen molar-refractivity contribution in [3.05, 3.63) is 11.8 Å². The summed E-state index contributed by atoms with van der Waals surface area (Å²) in [5, 5.41) is 17.4. The van der Waals surface area contributed by atoms with E-state index in [0.29, 0.717) is 12.2 Å². The number of rotatable bonds is 3. The lowest BCUT2D eigenvalue weighted by atomic mass is 10.2. The molecular formula is C12H14N4O4S. The summed E-state index contributed by atoms with van der Waals surface area (Å²) >= 11 is 1.60. The summed E-state index contributed by atoms with van der Waals surface area (Å²) in [6, 6.07) is 0.702. The Kier molecular flexibility index (Phi) is 3.16. The maximum absolute atomic E-state index is 12.3. The predicted molar refractivity (Wildman–Crippen MR) is 74.9 cm³/mol. The highest BCUT2D eigenvalue weighted by molar-refractivity contribution is 8.01. The maximum Gasteiger partial charge on any atom is 0.353 e. The van der Waals surface area contributed by atoms with Gasteiger partial charge in [0.25, 0.3) is 0 Å². The first-order valence-corrected chi connectivity index (χ1v) is 7.45. The molecule has 0 bridgehead atoms. The van der Waals surface area contributed by atoms with E-state index in [-0.39, 0.29) is 28.2 Å². The van der Waals surface area contributed by atoms with E-state index in [2.05, 4.69) is 15.5 Å². The number of H-pyrrole nitrogens is 1. The average molecular weight is 310 g/mol. The third-order valence-electron chi connectivity index (χ3n) is 3.81. The molecule has 0 saturated carbocycles. The van der Waals surface area contributed by atoms with Crippen LogP contribution in [0.4, 0.5) is 5.82 Å². The van der Waals surface area contributed by atoms with Crippen molar-refractivity contribution in [2.45, 2.75) is 30.7 Å². The van der Waals surface area contributed by atoms with Crippen LogP contribution in [0.25, 0.3) is 0 Å². The van der Waals surface area contributed by atoms with E-state index in [1.807, 2.05) is 6.92 Å². The fourth-order valence-electron chi connectivity index (χ4n) is 2.72. The Balaban J connectivity index is 1.73. The maximum atomic E-state index is 12.3. The van der Waals surface area contributed by atoms with Gasteiger partial charge in [0.2, 0.25) is 11.8 Å². The molecule has 9 heteroatoms. The lowest BCUT2D eigenvalue weighted by Gasteiger charge is -2.29. The monoisotopic (exact) mass is 310 g/mol. The van der Waals surface area contributed by atoms with Crippen LogP contribution in [0.1, 0.15) is 30.3 Å². The number of amides is 2. The number of nitrogens with zero attached hydrogens (tertiary/aromatic N) is 2. The standard InChI is InChI=1S/C12H14N4O4S/c1-12-3-2-9(17)16(12)7(5-21-12)10(18)13-8-4-6(11(19)20)14-15-8/h4,7H,2-3,5H2,1H3,(H,19,20)(H2,13,14,15,18). The van der Waals surface area contributed by atoms with Gasteiger partial charge in [0.1, 0.15) is 11.7 Å². The van der Waals surface area contributed by atoms with E-state index < -0.39 is 12.0 Å². The quantitative estimate of drug-likeness (QED) is 0.749. The Morgan fingerprint density at radius 3 is 3.05 bits per heavy atom. The molecule has 3 rings (SSSR count). The van der Waals surface area contributed by atoms with E-state index in [1.165, 1.54) is 6.07 Å². The minimum atomic E-state index is -1.15. The number of carboxylic acid groups (broad SMARTS) is 1. The lowest BCUT2D eigenvalue weighted by Crippen LogP contribution is -2.48. The van der Waals surface area contributed by atoms with Gasteiger partial charge in [-0.3, -0.25) is 14.7 Å². The van der Waals surface area contributed by atoms with Crippen molar-refractivity contribution in [3.8, 4) is 0 Å². The molecule has 0 aliphatic carbocycles. The summed E-state index contributed by atoms with van der Waals surface area (Å²) in [5.41, 5.74) is -0.104. The zero-order valence-electron chi connectivity index (χ0n) is 11.3. The third kappa shape index (κ3) is 2.27. The number of carbonyl (C=O) groups is 3. The van der Waals surface area contributed by atoms with Gasteiger partial charge in [0.15, 0.2) is 5.82 Å².